The van der Waals surface area contributed by atoms with Gasteiger partial charge in [0.2, 0.25) is 0 Å². The molecule has 0 saturated heterocycles. The van der Waals surface area contributed by atoms with Gasteiger partial charge < -0.3 is 14.7 Å². The minimum atomic E-state index is 1.07. The fraction of sp³-hybridized carbons (Fsp3) is 0.146. The second-order valence-electron chi connectivity index (χ2n) is 29.5. The topological polar surface area (TPSA) is 9.72 Å². The molecule has 0 amide bonds. The molecule has 14 aromatic rings. The fourth-order valence-electron chi connectivity index (χ4n) is 15.5. The first kappa shape index (κ1) is 68.4. The maximum absolute atomic E-state index is 2.44. The van der Waals surface area contributed by atoms with Crippen LogP contribution in [0.2, 0.25) is 0 Å². The molecule has 3 nitrogen and oxygen atoms in total. The number of hydrogen-bond donors (Lipinski definition) is 0. The van der Waals surface area contributed by atoms with Crippen LogP contribution in [0.3, 0.4) is 0 Å². The lowest BCUT2D eigenvalue weighted by molar-refractivity contribution is 0.602. The summed E-state index contributed by atoms with van der Waals surface area (Å²) in [7, 11) is 0. The summed E-state index contributed by atoms with van der Waals surface area (Å²) in [5, 5.41) is 7.06. The van der Waals surface area contributed by atoms with Crippen LogP contribution in [0.1, 0.15) is 142 Å². The van der Waals surface area contributed by atoms with Gasteiger partial charge in [-0.2, -0.15) is 0 Å². The van der Waals surface area contributed by atoms with Gasteiger partial charge in [0.15, 0.2) is 0 Å². The molecule has 0 unspecified atom stereocenters. The number of hydrogen-bond acceptors (Lipinski definition) is 3. The number of allylic oxidation sites excluding steroid dienone is 2. The molecule has 2 aliphatic rings. The molecule has 518 valence electrons. The Hall–Kier alpha value is -12.0. The normalized spacial score (nSPS) is 13.2. The first-order valence-electron chi connectivity index (χ1n) is 38.2. The van der Waals surface area contributed by atoms with Gasteiger partial charge in [0.1, 0.15) is 0 Å². The zero-order chi connectivity index (χ0) is 71.9. The van der Waals surface area contributed by atoms with Crippen molar-refractivity contribution in [1.82, 2.24) is 0 Å². The Morgan fingerprint density at radius 3 is 0.726 bits per heavy atom. The van der Waals surface area contributed by atoms with Crippen LogP contribution in [0.25, 0.3) is 80.4 Å². The molecule has 0 heterocycles. The molecule has 14 aromatic carbocycles. The maximum atomic E-state index is 2.44. The van der Waals surface area contributed by atoms with Crippen LogP contribution in [0.5, 0.6) is 0 Å². The van der Waals surface area contributed by atoms with Crippen molar-refractivity contribution in [2.75, 3.05) is 14.7 Å². The van der Waals surface area contributed by atoms with E-state index in [9.17, 15) is 0 Å². The van der Waals surface area contributed by atoms with Crippen LogP contribution >= 0.6 is 0 Å². The molecule has 0 aliphatic heterocycles. The highest BCUT2D eigenvalue weighted by Crippen LogP contribution is 2.47. The Kier molecular flexibility index (Phi) is 20.1. The van der Waals surface area contributed by atoms with Crippen molar-refractivity contribution in [1.29, 1.82) is 0 Å². The van der Waals surface area contributed by atoms with Crippen LogP contribution in [0, 0.1) is 34.6 Å². The van der Waals surface area contributed by atoms with E-state index in [1.54, 1.807) is 11.1 Å². The van der Waals surface area contributed by atoms with Crippen molar-refractivity contribution in [2.24, 2.45) is 0 Å². The number of fused-ring (bicyclic) bond motifs is 6. The Labute approximate surface area is 627 Å². The lowest BCUT2D eigenvalue weighted by Crippen LogP contribution is -2.11. The Bertz CT molecular complexity index is 5330. The van der Waals surface area contributed by atoms with Gasteiger partial charge in [-0.25, -0.2) is 0 Å². The molecule has 0 aromatic heterocycles. The van der Waals surface area contributed by atoms with Gasteiger partial charge in [-0.1, -0.05) is 276 Å². The number of benzene rings is 14. The minimum Gasteiger partial charge on any atom is -0.310 e. The first-order valence-corrected chi connectivity index (χ1v) is 38.2. The van der Waals surface area contributed by atoms with E-state index >= 15 is 0 Å². The maximum Gasteiger partial charge on any atom is 0.0468 e. The number of nitrogens with zero attached hydrogens (tertiary/aromatic N) is 3. The fourth-order valence-corrected chi connectivity index (χ4v) is 15.5. The predicted octanol–water partition coefficient (Wildman–Crippen LogP) is 29.7. The molecule has 2 fully saturated rings. The molecular formula is C103H91N3. The van der Waals surface area contributed by atoms with E-state index in [1.807, 2.05) is 0 Å². The van der Waals surface area contributed by atoms with Gasteiger partial charge >= 0.3 is 0 Å². The largest absolute Gasteiger partial charge is 0.310 e. The van der Waals surface area contributed by atoms with E-state index in [4.69, 9.17) is 0 Å². The molecule has 3 heteroatoms. The van der Waals surface area contributed by atoms with E-state index in [1.165, 1.54) is 163 Å². The summed E-state index contributed by atoms with van der Waals surface area (Å²) in [6, 6.07) is 111. The smallest absolute Gasteiger partial charge is 0.0468 e. The monoisotopic (exact) mass is 1370 g/mol. The standard InChI is InChI=1S/C103H91N3/c1-72-16-44-86(45-17-72)100(87-46-18-73(2)19-47-87)68-85-42-58-93(59-43-85)106(90-52-24-76(5)25-53-90)96-62-65-99-102-70-94(104(88-48-20-74(3)21-49-88)91-54-38-79(39-55-91)28-26-77-30-34-83(35-31-77)66-81-12-8-6-9-13-81)60-63-97(102)101-69-95(61-64-98(101)103(99)71-96)105(89-50-22-75(4)23-51-89)92-56-40-80(41-57-92)29-27-78-32-36-84(37-33-78)67-82-14-10-7-11-15-82/h16-71H,6-15H2,1-5H3. The van der Waals surface area contributed by atoms with Crippen LogP contribution in [0.4, 0.5) is 51.2 Å². The predicted molar refractivity (Wildman–Crippen MR) is 459 cm³/mol. The Morgan fingerprint density at radius 1 is 0.217 bits per heavy atom. The van der Waals surface area contributed by atoms with Gasteiger partial charge in [-0.15, -0.1) is 0 Å². The lowest BCUT2D eigenvalue weighted by atomic mass is 9.92. The molecule has 0 atom stereocenters. The highest BCUT2D eigenvalue weighted by Gasteiger charge is 2.22. The lowest BCUT2D eigenvalue weighted by Gasteiger charge is -2.28. The van der Waals surface area contributed by atoms with Crippen molar-refractivity contribution in [3.05, 3.63) is 386 Å². The summed E-state index contributed by atoms with van der Waals surface area (Å²) >= 11 is 0. The van der Waals surface area contributed by atoms with Crippen molar-refractivity contribution in [3.63, 3.8) is 0 Å². The molecule has 0 radical (unpaired) electrons. The zero-order valence-corrected chi connectivity index (χ0v) is 61.7. The van der Waals surface area contributed by atoms with E-state index in [-0.39, 0.29) is 0 Å². The average Bonchev–Trinajstić information content (AvgIpc) is 0.727. The van der Waals surface area contributed by atoms with Crippen molar-refractivity contribution in [3.8, 4) is 0 Å². The van der Waals surface area contributed by atoms with Crippen LogP contribution in [-0.2, 0) is 0 Å². The van der Waals surface area contributed by atoms with Crippen LogP contribution in [0.15, 0.2) is 308 Å². The second kappa shape index (κ2) is 31.1. The van der Waals surface area contributed by atoms with Crippen LogP contribution < -0.4 is 14.7 Å². The Balaban J connectivity index is 0.812. The van der Waals surface area contributed by atoms with E-state index < -0.39 is 0 Å². The zero-order valence-electron chi connectivity index (χ0n) is 61.7. The Morgan fingerprint density at radius 2 is 0.443 bits per heavy atom. The molecule has 106 heavy (non-hydrogen) atoms. The highest BCUT2D eigenvalue weighted by molar-refractivity contribution is 6.27. The molecule has 2 saturated carbocycles. The van der Waals surface area contributed by atoms with Gasteiger partial charge in [0, 0.05) is 51.2 Å². The van der Waals surface area contributed by atoms with Crippen molar-refractivity contribution in [2.45, 2.75) is 98.8 Å². The van der Waals surface area contributed by atoms with Gasteiger partial charge in [-0.05, 0) is 289 Å². The summed E-state index contributed by atoms with van der Waals surface area (Å²) in [6.45, 7) is 10.8. The SMILES string of the molecule is Cc1ccc(C(=Cc2ccc(N(c3ccc(C)cc3)c3ccc4c5cc(N(c6ccc(C)cc6)c6ccc(C=Cc7ccc(C=C8CCCCC8)cc7)cc6)ccc5c5cc(N(c6ccc(C)cc6)c6ccc(C=Cc7ccc(C=C8CCCCC8)cc7)cc6)ccc5c4c3)cc2)c2ccc(C)cc2)cc1. The van der Waals surface area contributed by atoms with Crippen molar-refractivity contribution >= 4 is 132 Å². The van der Waals surface area contributed by atoms with E-state index in [2.05, 4.69) is 389 Å². The van der Waals surface area contributed by atoms with E-state index in [0.717, 1.165) is 67.9 Å². The van der Waals surface area contributed by atoms with E-state index in [0.29, 0.717) is 0 Å². The average molecular weight is 1370 g/mol. The summed E-state index contributed by atoms with van der Waals surface area (Å²) in [5.41, 5.74) is 31.0. The molecule has 2 aliphatic carbocycles. The van der Waals surface area contributed by atoms with Gasteiger partial charge in [0.05, 0.1) is 0 Å². The first-order chi connectivity index (χ1) is 52.0. The number of anilines is 9. The van der Waals surface area contributed by atoms with Gasteiger partial charge in [-0.3, -0.25) is 0 Å². The third kappa shape index (κ3) is 15.6. The molecular weight excluding hydrogens is 1280 g/mol. The third-order valence-corrected chi connectivity index (χ3v) is 21.6. The molecule has 16 rings (SSSR count). The van der Waals surface area contributed by atoms with Crippen molar-refractivity contribution < 1.29 is 0 Å². The summed E-state index contributed by atoms with van der Waals surface area (Å²) in [6.07, 6.45) is 28.9. The minimum absolute atomic E-state index is 1.07. The molecule has 0 spiro atoms. The molecule has 0 bridgehead atoms. The highest BCUT2D eigenvalue weighted by atomic mass is 15.2. The summed E-state index contributed by atoms with van der Waals surface area (Å²) in [5.74, 6) is 0. The van der Waals surface area contributed by atoms with Gasteiger partial charge in [0.25, 0.3) is 0 Å². The molecule has 0 N–H and O–H groups in total. The second-order valence-corrected chi connectivity index (χ2v) is 29.5. The third-order valence-electron chi connectivity index (χ3n) is 21.6. The number of aryl methyl sites for hydroxylation is 5. The quantitative estimate of drug-likeness (QED) is 0.0626. The van der Waals surface area contributed by atoms with Crippen LogP contribution in [-0.4, -0.2) is 0 Å². The number of rotatable bonds is 18. The summed E-state index contributed by atoms with van der Waals surface area (Å²) in [4.78, 5) is 7.25. The summed E-state index contributed by atoms with van der Waals surface area (Å²) < 4.78 is 0.